The summed E-state index contributed by atoms with van der Waals surface area (Å²) in [7, 11) is 0. The molecule has 5 nitrogen and oxygen atoms in total. The van der Waals surface area contributed by atoms with Gasteiger partial charge in [0.05, 0.1) is 6.42 Å². The van der Waals surface area contributed by atoms with Crippen LogP contribution in [0.25, 0.3) is 0 Å². The van der Waals surface area contributed by atoms with Crippen molar-refractivity contribution in [3.05, 3.63) is 137 Å². The highest BCUT2D eigenvalue weighted by Gasteiger charge is 2.31. The van der Waals surface area contributed by atoms with Crippen LogP contribution in [0.15, 0.2) is 109 Å². The zero-order valence-electron chi connectivity index (χ0n) is 19.2. The fraction of sp³-hybridized carbons (Fsp3) is 0.138. The fourth-order valence-electron chi connectivity index (χ4n) is 3.88. The maximum atomic E-state index is 13.7. The molecule has 0 bridgehead atoms. The summed E-state index contributed by atoms with van der Waals surface area (Å²) < 4.78 is 0. The standard InChI is InChI=1S/C29H26ClN3O2/c30-26-15-13-23(14-16-26)21-33(27(34)18-22-8-3-1-4-9-22)28(25-11-5-2-6-12-25)29(35)32-20-24-10-7-17-31-19-24/h1-17,19,28H,18,20-21H2,(H,32,35)/t28-/m0/s1. The number of carbonyl (C=O) groups is 2. The molecule has 1 heterocycles. The predicted octanol–water partition coefficient (Wildman–Crippen LogP) is 5.36. The molecule has 0 spiro atoms. The Balaban J connectivity index is 1.66. The van der Waals surface area contributed by atoms with Gasteiger partial charge in [-0.05, 0) is 40.5 Å². The second-order valence-electron chi connectivity index (χ2n) is 8.20. The Morgan fingerprint density at radius 3 is 2.11 bits per heavy atom. The molecule has 35 heavy (non-hydrogen) atoms. The first-order valence-corrected chi connectivity index (χ1v) is 11.8. The third kappa shape index (κ3) is 6.78. The van der Waals surface area contributed by atoms with Gasteiger partial charge in [0.25, 0.3) is 0 Å². The summed E-state index contributed by atoms with van der Waals surface area (Å²) in [5, 5.41) is 3.61. The number of amides is 2. The molecular formula is C29H26ClN3O2. The molecule has 1 aromatic heterocycles. The average Bonchev–Trinajstić information content (AvgIpc) is 2.90. The Kier molecular flexibility index (Phi) is 8.25. The number of carbonyl (C=O) groups excluding carboxylic acids is 2. The second kappa shape index (κ2) is 12.0. The predicted molar refractivity (Wildman–Crippen MR) is 137 cm³/mol. The van der Waals surface area contributed by atoms with Crippen LogP contribution in [0.5, 0.6) is 0 Å². The van der Waals surface area contributed by atoms with Crippen molar-refractivity contribution < 1.29 is 9.59 Å². The molecular weight excluding hydrogens is 458 g/mol. The van der Waals surface area contributed by atoms with Crippen molar-refractivity contribution in [1.82, 2.24) is 15.2 Å². The Morgan fingerprint density at radius 2 is 1.46 bits per heavy atom. The minimum absolute atomic E-state index is 0.142. The molecule has 6 heteroatoms. The number of hydrogen-bond acceptors (Lipinski definition) is 3. The molecule has 1 atom stereocenters. The summed E-state index contributed by atoms with van der Waals surface area (Å²) >= 11 is 6.08. The third-order valence-corrected chi connectivity index (χ3v) is 5.90. The minimum atomic E-state index is -0.806. The van der Waals surface area contributed by atoms with E-state index in [2.05, 4.69) is 10.3 Å². The summed E-state index contributed by atoms with van der Waals surface area (Å²) in [4.78, 5) is 33.1. The monoisotopic (exact) mass is 483 g/mol. The van der Waals surface area contributed by atoms with Gasteiger partial charge in [-0.25, -0.2) is 0 Å². The molecule has 4 rings (SSSR count). The van der Waals surface area contributed by atoms with Crippen LogP contribution in [0.4, 0.5) is 0 Å². The largest absolute Gasteiger partial charge is 0.350 e. The molecule has 0 unspecified atom stereocenters. The van der Waals surface area contributed by atoms with Gasteiger partial charge in [-0.15, -0.1) is 0 Å². The normalized spacial score (nSPS) is 11.5. The van der Waals surface area contributed by atoms with E-state index in [1.54, 1.807) is 29.4 Å². The van der Waals surface area contributed by atoms with E-state index < -0.39 is 6.04 Å². The van der Waals surface area contributed by atoms with Crippen LogP contribution in [0, 0.1) is 0 Å². The highest BCUT2D eigenvalue weighted by Crippen LogP contribution is 2.25. The molecule has 1 N–H and O–H groups in total. The zero-order valence-corrected chi connectivity index (χ0v) is 19.9. The van der Waals surface area contributed by atoms with Crippen LogP contribution in [0.3, 0.4) is 0 Å². The Labute approximate surface area is 210 Å². The quantitative estimate of drug-likeness (QED) is 0.348. The summed E-state index contributed by atoms with van der Waals surface area (Å²) in [5.74, 6) is -0.396. The molecule has 0 aliphatic heterocycles. The summed E-state index contributed by atoms with van der Waals surface area (Å²) in [6.07, 6.45) is 3.59. The van der Waals surface area contributed by atoms with Crippen molar-refractivity contribution in [2.24, 2.45) is 0 Å². The van der Waals surface area contributed by atoms with Gasteiger partial charge in [-0.1, -0.05) is 90.5 Å². The van der Waals surface area contributed by atoms with Crippen molar-refractivity contribution >= 4 is 23.4 Å². The van der Waals surface area contributed by atoms with Crippen LogP contribution in [-0.2, 0) is 29.1 Å². The molecule has 3 aromatic carbocycles. The van der Waals surface area contributed by atoms with E-state index in [1.165, 1.54) is 0 Å². The Morgan fingerprint density at radius 1 is 0.800 bits per heavy atom. The van der Waals surface area contributed by atoms with Crippen molar-refractivity contribution in [1.29, 1.82) is 0 Å². The zero-order chi connectivity index (χ0) is 24.5. The van der Waals surface area contributed by atoms with Crippen LogP contribution >= 0.6 is 11.6 Å². The first-order chi connectivity index (χ1) is 17.1. The molecule has 0 fully saturated rings. The van der Waals surface area contributed by atoms with E-state index in [0.29, 0.717) is 11.6 Å². The summed E-state index contributed by atoms with van der Waals surface area (Å²) in [6.45, 7) is 0.584. The van der Waals surface area contributed by atoms with Crippen LogP contribution < -0.4 is 5.32 Å². The van der Waals surface area contributed by atoms with E-state index in [0.717, 1.165) is 22.3 Å². The number of nitrogens with one attached hydrogen (secondary N) is 1. The highest BCUT2D eigenvalue weighted by atomic mass is 35.5. The van der Waals surface area contributed by atoms with Gasteiger partial charge >= 0.3 is 0 Å². The number of benzene rings is 3. The van der Waals surface area contributed by atoms with Crippen molar-refractivity contribution in [3.63, 3.8) is 0 Å². The first-order valence-electron chi connectivity index (χ1n) is 11.4. The molecule has 0 aliphatic rings. The third-order valence-electron chi connectivity index (χ3n) is 5.65. The summed E-state index contributed by atoms with van der Waals surface area (Å²) in [5.41, 5.74) is 3.40. The molecule has 0 aliphatic carbocycles. The lowest BCUT2D eigenvalue weighted by Gasteiger charge is -2.32. The van der Waals surface area contributed by atoms with Gasteiger partial charge in [0, 0.05) is 30.5 Å². The van der Waals surface area contributed by atoms with Crippen LogP contribution in [0.2, 0.25) is 5.02 Å². The summed E-state index contributed by atoms with van der Waals surface area (Å²) in [6, 6.07) is 29.2. The molecule has 4 aromatic rings. The fourth-order valence-corrected chi connectivity index (χ4v) is 4.00. The van der Waals surface area contributed by atoms with E-state index >= 15 is 0 Å². The lowest BCUT2D eigenvalue weighted by molar-refractivity contribution is -0.141. The van der Waals surface area contributed by atoms with E-state index in [9.17, 15) is 9.59 Å². The average molecular weight is 484 g/mol. The van der Waals surface area contributed by atoms with E-state index in [1.807, 2.05) is 84.9 Å². The van der Waals surface area contributed by atoms with Gasteiger partial charge in [-0.2, -0.15) is 0 Å². The van der Waals surface area contributed by atoms with Crippen molar-refractivity contribution in [3.8, 4) is 0 Å². The number of hydrogen-bond donors (Lipinski definition) is 1. The maximum Gasteiger partial charge on any atom is 0.247 e. The topological polar surface area (TPSA) is 62.3 Å². The number of aromatic nitrogens is 1. The SMILES string of the molecule is O=C(NCc1cccnc1)[C@H](c1ccccc1)N(Cc1ccc(Cl)cc1)C(=O)Cc1ccccc1. The lowest BCUT2D eigenvalue weighted by atomic mass is 10.0. The number of halogens is 1. The van der Waals surface area contributed by atoms with E-state index in [4.69, 9.17) is 11.6 Å². The molecule has 0 saturated carbocycles. The number of nitrogens with zero attached hydrogens (tertiary/aromatic N) is 2. The maximum absolute atomic E-state index is 13.7. The van der Waals surface area contributed by atoms with E-state index in [-0.39, 0.29) is 24.8 Å². The van der Waals surface area contributed by atoms with Crippen molar-refractivity contribution in [2.75, 3.05) is 0 Å². The van der Waals surface area contributed by atoms with Gasteiger partial charge in [0.1, 0.15) is 6.04 Å². The highest BCUT2D eigenvalue weighted by molar-refractivity contribution is 6.30. The molecule has 176 valence electrons. The number of pyridine rings is 1. The van der Waals surface area contributed by atoms with Crippen LogP contribution in [0.1, 0.15) is 28.3 Å². The van der Waals surface area contributed by atoms with Gasteiger partial charge in [-0.3, -0.25) is 14.6 Å². The Hall–Kier alpha value is -3.96. The molecule has 0 saturated heterocycles. The molecule has 0 radical (unpaired) electrons. The van der Waals surface area contributed by atoms with Crippen molar-refractivity contribution in [2.45, 2.75) is 25.6 Å². The minimum Gasteiger partial charge on any atom is -0.350 e. The van der Waals surface area contributed by atoms with Gasteiger partial charge in [0.15, 0.2) is 0 Å². The van der Waals surface area contributed by atoms with Gasteiger partial charge in [0.2, 0.25) is 11.8 Å². The lowest BCUT2D eigenvalue weighted by Crippen LogP contribution is -2.43. The smallest absolute Gasteiger partial charge is 0.247 e. The Bertz CT molecular complexity index is 1230. The van der Waals surface area contributed by atoms with Gasteiger partial charge < -0.3 is 10.2 Å². The van der Waals surface area contributed by atoms with Crippen LogP contribution in [-0.4, -0.2) is 21.7 Å². The first kappa shape index (κ1) is 24.2. The molecule has 2 amide bonds. The second-order valence-corrected chi connectivity index (χ2v) is 8.64. The number of rotatable bonds is 9.